The van der Waals surface area contributed by atoms with Gasteiger partial charge in [-0.15, -0.1) is 0 Å². The quantitative estimate of drug-likeness (QED) is 0.812. The van der Waals surface area contributed by atoms with Crippen molar-refractivity contribution in [3.63, 3.8) is 0 Å². The minimum atomic E-state index is -0.482. The summed E-state index contributed by atoms with van der Waals surface area (Å²) in [4.78, 5) is 14.3. The maximum absolute atomic E-state index is 10.9. The summed E-state index contributed by atoms with van der Waals surface area (Å²) in [5.74, 6) is 0. The van der Waals surface area contributed by atoms with Crippen molar-refractivity contribution in [1.82, 2.24) is 14.8 Å². The first kappa shape index (κ1) is 9.30. The summed E-state index contributed by atoms with van der Waals surface area (Å²) in [7, 11) is 0. The van der Waals surface area contributed by atoms with Crippen LogP contribution >= 0.6 is 23.2 Å². The van der Waals surface area contributed by atoms with E-state index in [0.29, 0.717) is 10.7 Å². The molecular weight excluding hydrogens is 225 g/mol. The van der Waals surface area contributed by atoms with Crippen LogP contribution in [0.3, 0.4) is 0 Å². The predicted octanol–water partition coefficient (Wildman–Crippen LogP) is 1.87. The third kappa shape index (κ3) is 1.66. The molecule has 0 fully saturated rings. The number of nitrogens with zero attached hydrogens (tertiary/aromatic N) is 2. The Kier molecular flexibility index (Phi) is 2.31. The number of H-pyrrole nitrogens is 1. The zero-order chi connectivity index (χ0) is 10.1. The van der Waals surface area contributed by atoms with Gasteiger partial charge >= 0.3 is 5.69 Å². The molecule has 1 N–H and O–H groups in total. The SMILES string of the molecule is O=c1nc(Cl)n(-c2ccc(Cl)cc2)[nH]1. The lowest BCUT2D eigenvalue weighted by Crippen LogP contribution is -2.04. The van der Waals surface area contributed by atoms with Crippen molar-refractivity contribution in [3.8, 4) is 5.69 Å². The molecule has 2 rings (SSSR count). The van der Waals surface area contributed by atoms with Crippen molar-refractivity contribution in [3.05, 3.63) is 45.1 Å². The largest absolute Gasteiger partial charge is 0.362 e. The highest BCUT2D eigenvalue weighted by atomic mass is 35.5. The van der Waals surface area contributed by atoms with Gasteiger partial charge in [0.2, 0.25) is 5.28 Å². The number of hydrogen-bond acceptors (Lipinski definition) is 2. The van der Waals surface area contributed by atoms with Gasteiger partial charge in [-0.05, 0) is 35.9 Å². The molecule has 14 heavy (non-hydrogen) atoms. The van der Waals surface area contributed by atoms with Gasteiger partial charge in [0.15, 0.2) is 0 Å². The normalized spacial score (nSPS) is 10.4. The highest BCUT2D eigenvalue weighted by Crippen LogP contribution is 2.14. The Morgan fingerprint density at radius 2 is 1.86 bits per heavy atom. The van der Waals surface area contributed by atoms with Crippen LogP contribution in [-0.4, -0.2) is 14.8 Å². The summed E-state index contributed by atoms with van der Waals surface area (Å²) < 4.78 is 1.38. The zero-order valence-corrected chi connectivity index (χ0v) is 8.38. The second-order valence-electron chi connectivity index (χ2n) is 2.61. The van der Waals surface area contributed by atoms with Gasteiger partial charge in [0.05, 0.1) is 5.69 Å². The molecule has 0 radical (unpaired) electrons. The molecule has 0 spiro atoms. The number of aromatic nitrogens is 3. The molecule has 0 saturated heterocycles. The molecule has 2 aromatic rings. The summed E-state index contributed by atoms with van der Waals surface area (Å²) >= 11 is 11.4. The summed E-state index contributed by atoms with van der Waals surface area (Å²) in [6, 6.07) is 6.86. The number of halogens is 2. The standard InChI is InChI=1S/C8H5Cl2N3O/c9-5-1-3-6(4-2-5)13-7(10)11-8(14)12-13/h1-4H,(H,12,14). The molecule has 0 aliphatic carbocycles. The number of rotatable bonds is 1. The first-order valence-corrected chi connectivity index (χ1v) is 4.53. The fourth-order valence-electron chi connectivity index (χ4n) is 1.06. The molecule has 1 aromatic carbocycles. The van der Waals surface area contributed by atoms with Gasteiger partial charge in [-0.1, -0.05) is 11.6 Å². The van der Waals surface area contributed by atoms with Crippen LogP contribution in [0.2, 0.25) is 10.3 Å². The monoisotopic (exact) mass is 229 g/mol. The third-order valence-corrected chi connectivity index (χ3v) is 2.18. The van der Waals surface area contributed by atoms with Gasteiger partial charge in [-0.2, -0.15) is 4.98 Å². The van der Waals surface area contributed by atoms with E-state index in [0.717, 1.165) is 0 Å². The lowest BCUT2D eigenvalue weighted by Gasteiger charge is -2.01. The van der Waals surface area contributed by atoms with E-state index in [1.165, 1.54) is 4.68 Å². The Hall–Kier alpha value is -1.26. The fourth-order valence-corrected chi connectivity index (χ4v) is 1.40. The molecule has 0 unspecified atom stereocenters. The molecule has 72 valence electrons. The minimum Gasteiger partial charge on any atom is -0.244 e. The first-order valence-electron chi connectivity index (χ1n) is 3.77. The molecule has 1 heterocycles. The van der Waals surface area contributed by atoms with Crippen molar-refractivity contribution < 1.29 is 0 Å². The van der Waals surface area contributed by atoms with E-state index in [2.05, 4.69) is 10.1 Å². The summed E-state index contributed by atoms with van der Waals surface area (Å²) in [6.45, 7) is 0. The predicted molar refractivity (Wildman–Crippen MR) is 54.2 cm³/mol. The Labute approximate surface area is 89.1 Å². The number of nitrogens with one attached hydrogen (secondary N) is 1. The third-order valence-electron chi connectivity index (χ3n) is 1.67. The van der Waals surface area contributed by atoms with Crippen LogP contribution in [0.4, 0.5) is 0 Å². The molecule has 0 saturated carbocycles. The van der Waals surface area contributed by atoms with E-state index in [1.807, 2.05) is 0 Å². The van der Waals surface area contributed by atoms with E-state index in [9.17, 15) is 4.79 Å². The maximum Gasteiger partial charge on any atom is 0.362 e. The zero-order valence-electron chi connectivity index (χ0n) is 6.87. The van der Waals surface area contributed by atoms with Gasteiger partial charge in [0.25, 0.3) is 0 Å². The van der Waals surface area contributed by atoms with Crippen molar-refractivity contribution in [2.24, 2.45) is 0 Å². The average molecular weight is 230 g/mol. The summed E-state index contributed by atoms with van der Waals surface area (Å²) in [6.07, 6.45) is 0. The Balaban J connectivity index is 2.54. The lowest BCUT2D eigenvalue weighted by atomic mass is 10.3. The van der Waals surface area contributed by atoms with Crippen LogP contribution in [-0.2, 0) is 0 Å². The van der Waals surface area contributed by atoms with Gasteiger partial charge in [0, 0.05) is 5.02 Å². The molecule has 0 aliphatic heterocycles. The Morgan fingerprint density at radius 3 is 2.36 bits per heavy atom. The van der Waals surface area contributed by atoms with Crippen LogP contribution in [0.25, 0.3) is 5.69 Å². The van der Waals surface area contributed by atoms with Gasteiger partial charge in [0.1, 0.15) is 0 Å². The number of hydrogen-bond donors (Lipinski definition) is 1. The first-order chi connectivity index (χ1) is 6.66. The molecule has 4 nitrogen and oxygen atoms in total. The van der Waals surface area contributed by atoms with Crippen molar-refractivity contribution in [1.29, 1.82) is 0 Å². The Bertz CT molecular complexity index is 500. The van der Waals surface area contributed by atoms with E-state index >= 15 is 0 Å². The van der Waals surface area contributed by atoms with E-state index < -0.39 is 5.69 Å². The van der Waals surface area contributed by atoms with Crippen LogP contribution in [0.5, 0.6) is 0 Å². The van der Waals surface area contributed by atoms with Crippen LogP contribution in [0, 0.1) is 0 Å². The van der Waals surface area contributed by atoms with Crippen LogP contribution < -0.4 is 5.69 Å². The number of benzene rings is 1. The van der Waals surface area contributed by atoms with Crippen molar-refractivity contribution in [2.75, 3.05) is 0 Å². The average Bonchev–Trinajstić information content (AvgIpc) is 2.47. The second kappa shape index (κ2) is 3.48. The highest BCUT2D eigenvalue weighted by Gasteiger charge is 2.04. The number of aromatic amines is 1. The minimum absolute atomic E-state index is 0.0947. The smallest absolute Gasteiger partial charge is 0.244 e. The molecule has 0 aliphatic rings. The van der Waals surface area contributed by atoms with E-state index in [4.69, 9.17) is 23.2 Å². The van der Waals surface area contributed by atoms with Crippen molar-refractivity contribution in [2.45, 2.75) is 0 Å². The molecule has 0 atom stereocenters. The fraction of sp³-hybridized carbons (Fsp3) is 0. The maximum atomic E-state index is 10.9. The molecule has 1 aromatic heterocycles. The summed E-state index contributed by atoms with van der Waals surface area (Å²) in [5.41, 5.74) is 0.221. The molecule has 0 amide bonds. The van der Waals surface area contributed by atoms with Crippen molar-refractivity contribution >= 4 is 23.2 Å². The Morgan fingerprint density at radius 1 is 1.21 bits per heavy atom. The molecule has 6 heteroatoms. The molecular formula is C8H5Cl2N3O. The van der Waals surface area contributed by atoms with E-state index in [1.54, 1.807) is 24.3 Å². The highest BCUT2D eigenvalue weighted by molar-refractivity contribution is 6.30. The second-order valence-corrected chi connectivity index (χ2v) is 3.38. The van der Waals surface area contributed by atoms with Gasteiger partial charge in [-0.25, -0.2) is 14.6 Å². The van der Waals surface area contributed by atoms with Gasteiger partial charge < -0.3 is 0 Å². The van der Waals surface area contributed by atoms with Crippen LogP contribution in [0.15, 0.2) is 29.1 Å². The van der Waals surface area contributed by atoms with Crippen LogP contribution in [0.1, 0.15) is 0 Å². The lowest BCUT2D eigenvalue weighted by molar-refractivity contribution is 0.865. The topological polar surface area (TPSA) is 50.7 Å². The van der Waals surface area contributed by atoms with Gasteiger partial charge in [-0.3, -0.25) is 0 Å². The summed E-state index contributed by atoms with van der Waals surface area (Å²) in [5, 5.41) is 3.17. The van der Waals surface area contributed by atoms with E-state index in [-0.39, 0.29) is 5.28 Å². The molecule has 0 bridgehead atoms.